The van der Waals surface area contributed by atoms with E-state index in [0.717, 1.165) is 10.6 Å². The Morgan fingerprint density at radius 2 is 2.10 bits per heavy atom. The van der Waals surface area contributed by atoms with Gasteiger partial charge in [-0.05, 0) is 26.0 Å². The molecular formula is C15H17ClN2O2S. The van der Waals surface area contributed by atoms with Crippen LogP contribution in [0, 0.1) is 13.8 Å². The number of aryl methyl sites for hydroxylation is 1. The fraction of sp³-hybridized carbons (Fsp3) is 0.333. The number of nitrogens with zero attached hydrogens (tertiary/aromatic N) is 2. The Kier molecular flexibility index (Phi) is 5.33. The fourth-order valence-electron chi connectivity index (χ4n) is 1.91. The second-order valence-corrected chi connectivity index (χ2v) is 6.16. The van der Waals surface area contributed by atoms with E-state index in [1.807, 2.05) is 18.4 Å². The van der Waals surface area contributed by atoms with Crippen LogP contribution in [-0.2, 0) is 11.3 Å². The Hall–Kier alpha value is -1.43. The zero-order chi connectivity index (χ0) is 15.4. The summed E-state index contributed by atoms with van der Waals surface area (Å²) in [5.74, 6) is -0.326. The molecule has 0 unspecified atom stereocenters. The van der Waals surface area contributed by atoms with Crippen LogP contribution >= 0.6 is 22.9 Å². The maximum Gasteiger partial charge on any atom is 0.281 e. The van der Waals surface area contributed by atoms with Gasteiger partial charge in [-0.25, -0.2) is 0 Å². The van der Waals surface area contributed by atoms with Crippen LogP contribution in [0.3, 0.4) is 0 Å². The summed E-state index contributed by atoms with van der Waals surface area (Å²) in [6, 6.07) is 6.94. The summed E-state index contributed by atoms with van der Waals surface area (Å²) in [6.07, 6.45) is 0. The third-order valence-corrected chi connectivity index (χ3v) is 4.64. The first kappa shape index (κ1) is 15.9. The van der Waals surface area contributed by atoms with Gasteiger partial charge in [0.1, 0.15) is 0 Å². The average Bonchev–Trinajstić information content (AvgIpc) is 2.72. The highest BCUT2D eigenvalue weighted by Crippen LogP contribution is 2.16. The van der Waals surface area contributed by atoms with E-state index >= 15 is 0 Å². The Balaban J connectivity index is 2.43. The molecule has 0 saturated heterocycles. The first-order chi connectivity index (χ1) is 10.0. The van der Waals surface area contributed by atoms with Crippen molar-refractivity contribution < 1.29 is 9.53 Å². The summed E-state index contributed by atoms with van der Waals surface area (Å²) in [5.41, 5.74) is 1.52. The van der Waals surface area contributed by atoms with E-state index in [4.69, 9.17) is 16.3 Å². The predicted octanol–water partition coefficient (Wildman–Crippen LogP) is 3.21. The number of hydrogen-bond donors (Lipinski definition) is 0. The molecule has 6 heteroatoms. The largest absolute Gasteiger partial charge is 0.383 e. The Labute approximate surface area is 132 Å². The normalized spacial score (nSPS) is 11.9. The number of ether oxygens (including phenoxy) is 1. The molecule has 0 aliphatic heterocycles. The zero-order valence-corrected chi connectivity index (χ0v) is 13.8. The van der Waals surface area contributed by atoms with Crippen molar-refractivity contribution in [1.29, 1.82) is 0 Å². The number of thiazole rings is 1. The SMILES string of the molecule is COCCn1c(C)c(C)s/c1=N\C(=O)c1ccccc1Cl. The summed E-state index contributed by atoms with van der Waals surface area (Å²) in [5, 5.41) is 0.416. The number of methoxy groups -OCH3 is 1. The van der Waals surface area contributed by atoms with Crippen molar-refractivity contribution in [3.63, 3.8) is 0 Å². The fourth-order valence-corrected chi connectivity index (χ4v) is 3.13. The molecule has 0 spiro atoms. The second kappa shape index (κ2) is 7.02. The molecule has 2 aromatic rings. The minimum Gasteiger partial charge on any atom is -0.383 e. The van der Waals surface area contributed by atoms with Gasteiger partial charge < -0.3 is 9.30 Å². The maximum absolute atomic E-state index is 12.3. The van der Waals surface area contributed by atoms with E-state index in [1.165, 1.54) is 11.3 Å². The van der Waals surface area contributed by atoms with Crippen LogP contribution in [0.2, 0.25) is 5.02 Å². The molecule has 0 atom stereocenters. The molecule has 112 valence electrons. The molecule has 0 radical (unpaired) electrons. The summed E-state index contributed by atoms with van der Waals surface area (Å²) in [6.45, 7) is 5.27. The van der Waals surface area contributed by atoms with E-state index in [9.17, 15) is 4.79 Å². The van der Waals surface area contributed by atoms with Gasteiger partial charge in [0.15, 0.2) is 4.80 Å². The topological polar surface area (TPSA) is 43.6 Å². The van der Waals surface area contributed by atoms with Crippen LogP contribution in [0.5, 0.6) is 0 Å². The van der Waals surface area contributed by atoms with Gasteiger partial charge in [-0.2, -0.15) is 4.99 Å². The summed E-state index contributed by atoms with van der Waals surface area (Å²) in [4.78, 5) is 18.3. The van der Waals surface area contributed by atoms with Gasteiger partial charge in [0.05, 0.1) is 17.2 Å². The van der Waals surface area contributed by atoms with E-state index < -0.39 is 0 Å². The van der Waals surface area contributed by atoms with E-state index in [-0.39, 0.29) is 5.91 Å². The quantitative estimate of drug-likeness (QED) is 0.866. The number of carbonyl (C=O) groups is 1. The smallest absolute Gasteiger partial charge is 0.281 e. The first-order valence-electron chi connectivity index (χ1n) is 6.54. The molecule has 1 heterocycles. The van der Waals surface area contributed by atoms with Crippen LogP contribution in [0.25, 0.3) is 0 Å². The first-order valence-corrected chi connectivity index (χ1v) is 7.73. The molecule has 1 aromatic carbocycles. The van der Waals surface area contributed by atoms with Gasteiger partial charge in [0, 0.05) is 24.2 Å². The van der Waals surface area contributed by atoms with Crippen LogP contribution in [0.1, 0.15) is 20.9 Å². The zero-order valence-electron chi connectivity index (χ0n) is 12.2. The second-order valence-electron chi connectivity index (χ2n) is 4.57. The molecule has 21 heavy (non-hydrogen) atoms. The standard InChI is InChI=1S/C15H17ClN2O2S/c1-10-11(2)21-15(18(10)8-9-20-3)17-14(19)12-6-4-5-7-13(12)16/h4-7H,8-9H2,1-3H3/b17-15-. The van der Waals surface area contributed by atoms with Gasteiger partial charge >= 0.3 is 0 Å². The molecule has 1 amide bonds. The van der Waals surface area contributed by atoms with Crippen molar-refractivity contribution in [2.24, 2.45) is 4.99 Å². The lowest BCUT2D eigenvalue weighted by atomic mass is 10.2. The minimum absolute atomic E-state index is 0.326. The lowest BCUT2D eigenvalue weighted by Crippen LogP contribution is -2.20. The van der Waals surface area contributed by atoms with Crippen LogP contribution in [-0.4, -0.2) is 24.2 Å². The van der Waals surface area contributed by atoms with E-state index in [0.29, 0.717) is 28.5 Å². The van der Waals surface area contributed by atoms with Crippen molar-refractivity contribution in [1.82, 2.24) is 4.57 Å². The maximum atomic E-state index is 12.3. The molecule has 0 aliphatic rings. The number of amides is 1. The molecule has 0 fully saturated rings. The summed E-state index contributed by atoms with van der Waals surface area (Å²) in [7, 11) is 1.65. The molecule has 1 aromatic heterocycles. The minimum atomic E-state index is -0.326. The Morgan fingerprint density at radius 3 is 2.76 bits per heavy atom. The van der Waals surface area contributed by atoms with Crippen molar-refractivity contribution in [3.05, 3.63) is 50.2 Å². The molecule has 2 rings (SSSR count). The highest BCUT2D eigenvalue weighted by atomic mass is 35.5. The Bertz CT molecular complexity index is 719. The molecule has 0 saturated carbocycles. The van der Waals surface area contributed by atoms with Crippen molar-refractivity contribution >= 4 is 28.8 Å². The Morgan fingerprint density at radius 1 is 1.38 bits per heavy atom. The lowest BCUT2D eigenvalue weighted by molar-refractivity contribution is 0.0997. The summed E-state index contributed by atoms with van der Waals surface area (Å²) < 4.78 is 7.11. The highest BCUT2D eigenvalue weighted by Gasteiger charge is 2.11. The summed E-state index contributed by atoms with van der Waals surface area (Å²) >= 11 is 7.54. The van der Waals surface area contributed by atoms with Crippen molar-refractivity contribution in [2.45, 2.75) is 20.4 Å². The number of halogens is 1. The predicted molar refractivity (Wildman–Crippen MR) is 85.0 cm³/mol. The highest BCUT2D eigenvalue weighted by molar-refractivity contribution is 7.09. The van der Waals surface area contributed by atoms with Crippen LogP contribution in [0.15, 0.2) is 29.3 Å². The monoisotopic (exact) mass is 324 g/mol. The lowest BCUT2D eigenvalue weighted by Gasteiger charge is -2.05. The molecule has 4 nitrogen and oxygen atoms in total. The molecular weight excluding hydrogens is 308 g/mol. The van der Waals surface area contributed by atoms with Gasteiger partial charge in [0.25, 0.3) is 5.91 Å². The number of carbonyl (C=O) groups excluding carboxylic acids is 1. The van der Waals surface area contributed by atoms with Gasteiger partial charge in [-0.15, -0.1) is 11.3 Å². The molecule has 0 aliphatic carbocycles. The van der Waals surface area contributed by atoms with Crippen molar-refractivity contribution in [3.8, 4) is 0 Å². The average molecular weight is 325 g/mol. The van der Waals surface area contributed by atoms with E-state index in [2.05, 4.69) is 4.99 Å². The van der Waals surface area contributed by atoms with Crippen molar-refractivity contribution in [2.75, 3.05) is 13.7 Å². The third-order valence-electron chi connectivity index (χ3n) is 3.21. The number of hydrogen-bond acceptors (Lipinski definition) is 3. The van der Waals surface area contributed by atoms with Crippen LogP contribution < -0.4 is 4.80 Å². The van der Waals surface area contributed by atoms with Crippen LogP contribution in [0.4, 0.5) is 0 Å². The number of aromatic nitrogens is 1. The number of benzene rings is 1. The number of rotatable bonds is 4. The third kappa shape index (κ3) is 3.61. The van der Waals surface area contributed by atoms with Gasteiger partial charge in [-0.3, -0.25) is 4.79 Å². The van der Waals surface area contributed by atoms with Gasteiger partial charge in [-0.1, -0.05) is 23.7 Å². The van der Waals surface area contributed by atoms with E-state index in [1.54, 1.807) is 31.4 Å². The molecule has 0 bridgehead atoms. The van der Waals surface area contributed by atoms with Gasteiger partial charge in [0.2, 0.25) is 0 Å². The molecule has 0 N–H and O–H groups in total.